The Morgan fingerprint density at radius 1 is 1.19 bits per heavy atom. The van der Waals surface area contributed by atoms with Crippen LogP contribution in [-0.2, 0) is 11.8 Å². The largest absolute Gasteiger partial charge is 0.508 e. The third-order valence-electron chi connectivity index (χ3n) is 4.69. The van der Waals surface area contributed by atoms with Gasteiger partial charge in [0.2, 0.25) is 5.43 Å². The summed E-state index contributed by atoms with van der Waals surface area (Å²) in [6, 6.07) is 10.5. The predicted molar refractivity (Wildman–Crippen MR) is 109 cm³/mol. The van der Waals surface area contributed by atoms with Crippen LogP contribution in [-0.4, -0.2) is 16.0 Å². The SMILES string of the molecule is CCc1cc(C(C)(C)C)c(NC(=O)c2c[nH]c3ccccc3c2=O)cc1O. The van der Waals surface area contributed by atoms with Crippen LogP contribution in [0.25, 0.3) is 10.9 Å². The maximum atomic E-state index is 12.8. The Bertz CT molecular complexity index is 1080. The van der Waals surface area contributed by atoms with Gasteiger partial charge in [-0.2, -0.15) is 0 Å². The number of anilines is 1. The number of hydrogen-bond donors (Lipinski definition) is 3. The number of hydrogen-bond acceptors (Lipinski definition) is 3. The van der Waals surface area contributed by atoms with Crippen LogP contribution in [0.5, 0.6) is 5.75 Å². The predicted octanol–water partition coefficient (Wildman–Crippen LogP) is 4.35. The molecule has 27 heavy (non-hydrogen) atoms. The fourth-order valence-corrected chi connectivity index (χ4v) is 3.17. The van der Waals surface area contributed by atoms with E-state index in [9.17, 15) is 14.7 Å². The van der Waals surface area contributed by atoms with Crippen LogP contribution in [0.3, 0.4) is 0 Å². The van der Waals surface area contributed by atoms with E-state index in [4.69, 9.17) is 0 Å². The number of benzene rings is 2. The number of aromatic hydroxyl groups is 1. The first-order valence-corrected chi connectivity index (χ1v) is 9.00. The second-order valence-electron chi connectivity index (χ2n) is 7.66. The van der Waals surface area contributed by atoms with Gasteiger partial charge in [-0.3, -0.25) is 9.59 Å². The van der Waals surface area contributed by atoms with E-state index in [1.165, 1.54) is 6.20 Å². The number of fused-ring (bicyclic) bond motifs is 1. The van der Waals surface area contributed by atoms with Crippen molar-refractivity contribution in [1.82, 2.24) is 4.98 Å². The van der Waals surface area contributed by atoms with Crippen molar-refractivity contribution < 1.29 is 9.90 Å². The molecule has 3 rings (SSSR count). The van der Waals surface area contributed by atoms with Crippen LogP contribution < -0.4 is 10.7 Å². The van der Waals surface area contributed by atoms with Crippen molar-refractivity contribution in [3.8, 4) is 5.75 Å². The molecule has 0 aliphatic carbocycles. The number of carbonyl (C=O) groups is 1. The fourth-order valence-electron chi connectivity index (χ4n) is 3.17. The lowest BCUT2D eigenvalue weighted by Gasteiger charge is -2.24. The summed E-state index contributed by atoms with van der Waals surface area (Å²) in [5.41, 5.74) is 2.38. The Kier molecular flexibility index (Phi) is 4.79. The maximum Gasteiger partial charge on any atom is 0.261 e. The molecule has 1 aromatic heterocycles. The fraction of sp³-hybridized carbons (Fsp3) is 0.273. The Labute approximate surface area is 158 Å². The smallest absolute Gasteiger partial charge is 0.261 e. The second-order valence-corrected chi connectivity index (χ2v) is 7.66. The molecule has 0 saturated heterocycles. The molecule has 5 nitrogen and oxygen atoms in total. The van der Waals surface area contributed by atoms with Crippen molar-refractivity contribution in [3.63, 3.8) is 0 Å². The lowest BCUT2D eigenvalue weighted by molar-refractivity contribution is 0.102. The standard InChI is InChI=1S/C22H24N2O3/c1-5-13-10-16(22(2,3)4)18(11-19(13)25)24-21(27)15-12-23-17-9-7-6-8-14(17)20(15)26/h6-12,25H,5H2,1-4H3,(H,23,26)(H,24,27). The molecule has 0 saturated carbocycles. The number of nitrogens with one attached hydrogen (secondary N) is 2. The molecule has 0 aliphatic rings. The molecule has 3 N–H and O–H groups in total. The zero-order valence-electron chi connectivity index (χ0n) is 16.0. The highest BCUT2D eigenvalue weighted by Crippen LogP contribution is 2.35. The monoisotopic (exact) mass is 364 g/mol. The minimum absolute atomic E-state index is 0.0348. The number of pyridine rings is 1. The molecule has 5 heteroatoms. The van der Waals surface area contributed by atoms with Gasteiger partial charge in [0.1, 0.15) is 11.3 Å². The summed E-state index contributed by atoms with van der Waals surface area (Å²) in [7, 11) is 0. The summed E-state index contributed by atoms with van der Waals surface area (Å²) < 4.78 is 0. The number of carbonyl (C=O) groups excluding carboxylic acids is 1. The van der Waals surface area contributed by atoms with Gasteiger partial charge in [0.25, 0.3) is 5.91 Å². The number of phenolic OH excluding ortho intramolecular Hbond substituents is 1. The molecule has 0 bridgehead atoms. The van der Waals surface area contributed by atoms with Crippen molar-refractivity contribution in [3.05, 3.63) is 69.5 Å². The number of phenols is 1. The van der Waals surface area contributed by atoms with Crippen molar-refractivity contribution in [1.29, 1.82) is 0 Å². The number of H-pyrrole nitrogens is 1. The van der Waals surface area contributed by atoms with E-state index >= 15 is 0 Å². The lowest BCUT2D eigenvalue weighted by atomic mass is 9.84. The first-order chi connectivity index (χ1) is 12.7. The second kappa shape index (κ2) is 6.91. The molecule has 0 aliphatic heterocycles. The molecule has 0 fully saturated rings. The van der Waals surface area contributed by atoms with E-state index < -0.39 is 5.91 Å². The highest BCUT2D eigenvalue weighted by molar-refractivity contribution is 6.06. The molecule has 0 unspecified atom stereocenters. The van der Waals surface area contributed by atoms with Gasteiger partial charge in [-0.1, -0.05) is 39.8 Å². The van der Waals surface area contributed by atoms with E-state index in [-0.39, 0.29) is 22.2 Å². The Morgan fingerprint density at radius 3 is 2.56 bits per heavy atom. The first-order valence-electron chi connectivity index (χ1n) is 9.00. The summed E-state index contributed by atoms with van der Waals surface area (Å²) in [6.07, 6.45) is 2.12. The molecule has 0 spiro atoms. The van der Waals surface area contributed by atoms with Gasteiger partial charge < -0.3 is 15.4 Å². The molecule has 140 valence electrons. The van der Waals surface area contributed by atoms with E-state index in [2.05, 4.69) is 10.3 Å². The zero-order valence-corrected chi connectivity index (χ0v) is 16.0. The van der Waals surface area contributed by atoms with Crippen molar-refractivity contribution in [2.24, 2.45) is 0 Å². The summed E-state index contributed by atoms with van der Waals surface area (Å²) in [4.78, 5) is 28.5. The van der Waals surface area contributed by atoms with Gasteiger partial charge in [-0.25, -0.2) is 0 Å². The number of rotatable bonds is 3. The summed E-state index contributed by atoms with van der Waals surface area (Å²) in [5, 5.41) is 13.5. The van der Waals surface area contributed by atoms with Crippen LogP contribution in [0, 0.1) is 0 Å². The number of aromatic nitrogens is 1. The average Bonchev–Trinajstić information content (AvgIpc) is 2.61. The highest BCUT2D eigenvalue weighted by Gasteiger charge is 2.22. The minimum atomic E-state index is -0.504. The molecular formula is C22H24N2O3. The third kappa shape index (κ3) is 3.58. The Morgan fingerprint density at radius 2 is 1.89 bits per heavy atom. The van der Waals surface area contributed by atoms with Crippen LogP contribution in [0.4, 0.5) is 5.69 Å². The van der Waals surface area contributed by atoms with Gasteiger partial charge in [0, 0.05) is 28.9 Å². The maximum absolute atomic E-state index is 12.8. The van der Waals surface area contributed by atoms with E-state index in [0.29, 0.717) is 23.0 Å². The lowest BCUT2D eigenvalue weighted by Crippen LogP contribution is -2.24. The van der Waals surface area contributed by atoms with E-state index in [1.807, 2.05) is 39.8 Å². The number of aromatic amines is 1. The third-order valence-corrected chi connectivity index (χ3v) is 4.69. The number of amides is 1. The van der Waals surface area contributed by atoms with Crippen LogP contribution >= 0.6 is 0 Å². The molecule has 0 atom stereocenters. The van der Waals surface area contributed by atoms with Gasteiger partial charge in [0.05, 0.1) is 0 Å². The van der Waals surface area contributed by atoms with Crippen molar-refractivity contribution >= 4 is 22.5 Å². The average molecular weight is 364 g/mol. The van der Waals surface area contributed by atoms with Crippen molar-refractivity contribution in [2.45, 2.75) is 39.5 Å². The molecule has 2 aromatic carbocycles. The van der Waals surface area contributed by atoms with Crippen LogP contribution in [0.15, 0.2) is 47.4 Å². The Hall–Kier alpha value is -3.08. The number of para-hydroxylation sites is 1. The molecule has 1 heterocycles. The minimum Gasteiger partial charge on any atom is -0.508 e. The van der Waals surface area contributed by atoms with E-state index in [0.717, 1.165) is 11.1 Å². The van der Waals surface area contributed by atoms with Crippen LogP contribution in [0.1, 0.15) is 49.2 Å². The molecule has 3 aromatic rings. The van der Waals surface area contributed by atoms with Gasteiger partial charge in [-0.05, 0) is 41.2 Å². The summed E-state index contributed by atoms with van der Waals surface area (Å²) in [6.45, 7) is 8.08. The highest BCUT2D eigenvalue weighted by atomic mass is 16.3. The quantitative estimate of drug-likeness (QED) is 0.646. The van der Waals surface area contributed by atoms with E-state index in [1.54, 1.807) is 24.3 Å². The number of aryl methyl sites for hydroxylation is 1. The van der Waals surface area contributed by atoms with Gasteiger partial charge in [0.15, 0.2) is 0 Å². The molecule has 1 amide bonds. The topological polar surface area (TPSA) is 82.2 Å². The first kappa shape index (κ1) is 18.7. The van der Waals surface area contributed by atoms with Gasteiger partial charge in [-0.15, -0.1) is 0 Å². The summed E-state index contributed by atoms with van der Waals surface area (Å²) in [5.74, 6) is -0.371. The van der Waals surface area contributed by atoms with Crippen LogP contribution in [0.2, 0.25) is 0 Å². The summed E-state index contributed by atoms with van der Waals surface area (Å²) >= 11 is 0. The molecule has 0 radical (unpaired) electrons. The van der Waals surface area contributed by atoms with Gasteiger partial charge >= 0.3 is 0 Å². The molecular weight excluding hydrogens is 340 g/mol. The normalized spacial score (nSPS) is 11.6. The Balaban J connectivity index is 2.05. The van der Waals surface area contributed by atoms with Crippen molar-refractivity contribution in [2.75, 3.05) is 5.32 Å². The zero-order chi connectivity index (χ0) is 19.8.